The standard InChI is InChI=1S/C30H25F2NO3/c31-23-10-8-20(9-11-23)28(35)17-16-27-29(33(30(27)36)25-14-12-24(32)13-15-25)21-6-4-19(5-7-21)22-2-1-3-26(34)18-22/h1-15,18,27-29,34-35H,16-17H2. The van der Waals surface area contributed by atoms with Crippen LogP contribution in [0.15, 0.2) is 97.1 Å². The van der Waals surface area contributed by atoms with Crippen LogP contribution in [0.2, 0.25) is 0 Å². The fraction of sp³-hybridized carbons (Fsp3) is 0.167. The summed E-state index contributed by atoms with van der Waals surface area (Å²) >= 11 is 0. The number of phenolic OH excluding ortho intramolecular Hbond substituents is 1. The molecule has 5 rings (SSSR count). The third-order valence-electron chi connectivity index (χ3n) is 6.76. The van der Waals surface area contributed by atoms with Crippen LogP contribution in [0.1, 0.15) is 36.1 Å². The van der Waals surface area contributed by atoms with Crippen molar-refractivity contribution < 1.29 is 23.8 Å². The molecular weight excluding hydrogens is 460 g/mol. The second kappa shape index (κ2) is 9.91. The number of β-lactam (4-membered cyclic amide) rings is 1. The van der Waals surface area contributed by atoms with Crippen molar-refractivity contribution in [2.45, 2.75) is 25.0 Å². The molecule has 0 bridgehead atoms. The minimum absolute atomic E-state index is 0.0880. The molecule has 1 aliphatic heterocycles. The molecule has 1 heterocycles. The fourth-order valence-electron chi connectivity index (χ4n) is 4.85. The quantitative estimate of drug-likeness (QED) is 0.292. The predicted octanol–water partition coefficient (Wildman–Crippen LogP) is 6.56. The normalized spacial score (nSPS) is 18.1. The average Bonchev–Trinajstić information content (AvgIpc) is 2.89. The number of halogens is 2. The van der Waals surface area contributed by atoms with Crippen LogP contribution in [0, 0.1) is 17.6 Å². The molecule has 1 fully saturated rings. The Bertz CT molecular complexity index is 1350. The maximum absolute atomic E-state index is 13.5. The number of nitrogens with zero attached hydrogens (tertiary/aromatic N) is 1. The highest BCUT2D eigenvalue weighted by molar-refractivity contribution is 6.03. The number of carbonyl (C=O) groups is 1. The van der Waals surface area contributed by atoms with E-state index in [1.165, 1.54) is 24.3 Å². The van der Waals surface area contributed by atoms with Gasteiger partial charge in [0.05, 0.1) is 18.1 Å². The molecule has 3 unspecified atom stereocenters. The fourth-order valence-corrected chi connectivity index (χ4v) is 4.85. The van der Waals surface area contributed by atoms with Gasteiger partial charge in [0.2, 0.25) is 5.91 Å². The molecule has 182 valence electrons. The first-order valence-corrected chi connectivity index (χ1v) is 11.8. The topological polar surface area (TPSA) is 60.8 Å². The number of benzene rings is 4. The SMILES string of the molecule is O=C1C(CCC(O)c2ccc(F)cc2)C(c2ccc(-c3cccc(O)c3)cc2)N1c1ccc(F)cc1. The van der Waals surface area contributed by atoms with Crippen LogP contribution in [0.5, 0.6) is 5.75 Å². The first-order chi connectivity index (χ1) is 17.4. The molecule has 0 radical (unpaired) electrons. The molecule has 4 nitrogen and oxygen atoms in total. The van der Waals surface area contributed by atoms with Gasteiger partial charge in [-0.2, -0.15) is 0 Å². The van der Waals surface area contributed by atoms with Crippen molar-refractivity contribution >= 4 is 11.6 Å². The lowest BCUT2D eigenvalue weighted by molar-refractivity contribution is -0.131. The van der Waals surface area contributed by atoms with E-state index in [-0.39, 0.29) is 35.3 Å². The van der Waals surface area contributed by atoms with Crippen LogP contribution >= 0.6 is 0 Å². The number of amides is 1. The molecule has 0 spiro atoms. The van der Waals surface area contributed by atoms with Crippen LogP contribution < -0.4 is 4.90 Å². The van der Waals surface area contributed by atoms with Crippen molar-refractivity contribution in [1.82, 2.24) is 0 Å². The Labute approximate surface area is 208 Å². The minimum atomic E-state index is -0.813. The summed E-state index contributed by atoms with van der Waals surface area (Å²) in [7, 11) is 0. The van der Waals surface area contributed by atoms with Crippen molar-refractivity contribution in [1.29, 1.82) is 0 Å². The van der Waals surface area contributed by atoms with Gasteiger partial charge in [-0.05, 0) is 83.6 Å². The molecule has 2 N–H and O–H groups in total. The first-order valence-electron chi connectivity index (χ1n) is 11.8. The molecule has 0 aromatic heterocycles. The number of aliphatic hydroxyl groups is 1. The van der Waals surface area contributed by atoms with E-state index in [1.54, 1.807) is 47.4 Å². The number of aromatic hydroxyl groups is 1. The summed E-state index contributed by atoms with van der Waals surface area (Å²) in [5, 5.41) is 20.4. The van der Waals surface area contributed by atoms with Crippen LogP contribution in [0.3, 0.4) is 0 Å². The highest BCUT2D eigenvalue weighted by Crippen LogP contribution is 2.46. The zero-order valence-electron chi connectivity index (χ0n) is 19.4. The number of rotatable bonds is 7. The Morgan fingerprint density at radius 2 is 1.44 bits per heavy atom. The molecule has 4 aromatic rings. The van der Waals surface area contributed by atoms with E-state index in [0.717, 1.165) is 16.7 Å². The summed E-state index contributed by atoms with van der Waals surface area (Å²) in [4.78, 5) is 14.9. The number of anilines is 1. The summed E-state index contributed by atoms with van der Waals surface area (Å²) in [6.07, 6.45) is -0.0300. The van der Waals surface area contributed by atoms with Crippen LogP contribution in [0.25, 0.3) is 11.1 Å². The number of hydrogen-bond donors (Lipinski definition) is 2. The van der Waals surface area contributed by atoms with Crippen molar-refractivity contribution in [3.8, 4) is 16.9 Å². The minimum Gasteiger partial charge on any atom is -0.508 e. The zero-order chi connectivity index (χ0) is 25.2. The van der Waals surface area contributed by atoms with Crippen molar-refractivity contribution in [3.63, 3.8) is 0 Å². The van der Waals surface area contributed by atoms with Crippen molar-refractivity contribution in [2.75, 3.05) is 4.90 Å². The largest absolute Gasteiger partial charge is 0.508 e. The van der Waals surface area contributed by atoms with Gasteiger partial charge in [-0.1, -0.05) is 48.5 Å². The van der Waals surface area contributed by atoms with Gasteiger partial charge in [-0.25, -0.2) is 8.78 Å². The van der Waals surface area contributed by atoms with E-state index < -0.39 is 6.10 Å². The summed E-state index contributed by atoms with van der Waals surface area (Å²) in [6, 6.07) is 26.1. The van der Waals surface area contributed by atoms with E-state index in [2.05, 4.69) is 0 Å². The van der Waals surface area contributed by atoms with Gasteiger partial charge < -0.3 is 15.1 Å². The summed E-state index contributed by atoms with van der Waals surface area (Å²) in [6.45, 7) is 0. The van der Waals surface area contributed by atoms with Gasteiger partial charge in [0.15, 0.2) is 0 Å². The Hall–Kier alpha value is -4.03. The monoisotopic (exact) mass is 485 g/mol. The molecule has 1 amide bonds. The second-order valence-electron chi connectivity index (χ2n) is 9.05. The Morgan fingerprint density at radius 1 is 0.806 bits per heavy atom. The van der Waals surface area contributed by atoms with E-state index >= 15 is 0 Å². The zero-order valence-corrected chi connectivity index (χ0v) is 19.4. The smallest absolute Gasteiger partial charge is 0.233 e. The lowest BCUT2D eigenvalue weighted by Crippen LogP contribution is -2.55. The van der Waals surface area contributed by atoms with Crippen LogP contribution in [0.4, 0.5) is 14.5 Å². The van der Waals surface area contributed by atoms with Crippen LogP contribution in [-0.4, -0.2) is 16.1 Å². The second-order valence-corrected chi connectivity index (χ2v) is 9.05. The molecule has 36 heavy (non-hydrogen) atoms. The van der Waals surface area contributed by atoms with Gasteiger partial charge >= 0.3 is 0 Å². The molecule has 0 saturated carbocycles. The number of carbonyl (C=O) groups excluding carboxylic acids is 1. The average molecular weight is 486 g/mol. The van der Waals surface area contributed by atoms with Gasteiger partial charge in [0.1, 0.15) is 17.4 Å². The Kier molecular flexibility index (Phi) is 6.53. The van der Waals surface area contributed by atoms with Crippen molar-refractivity contribution in [2.24, 2.45) is 5.92 Å². The maximum Gasteiger partial charge on any atom is 0.233 e. The molecule has 1 saturated heterocycles. The molecule has 0 aliphatic carbocycles. The number of hydrogen-bond acceptors (Lipinski definition) is 3. The summed E-state index contributed by atoms with van der Waals surface area (Å²) in [5.41, 5.74) is 3.94. The molecule has 6 heteroatoms. The van der Waals surface area contributed by atoms with E-state index in [0.29, 0.717) is 24.1 Å². The Morgan fingerprint density at radius 3 is 2.08 bits per heavy atom. The molecule has 4 aromatic carbocycles. The third-order valence-corrected chi connectivity index (χ3v) is 6.76. The number of aliphatic hydroxyl groups excluding tert-OH is 1. The lowest BCUT2D eigenvalue weighted by atomic mass is 9.78. The summed E-state index contributed by atoms with van der Waals surface area (Å²) < 4.78 is 26.8. The number of phenols is 1. The van der Waals surface area contributed by atoms with Gasteiger partial charge in [0.25, 0.3) is 0 Å². The molecular formula is C30H25F2NO3. The lowest BCUT2D eigenvalue weighted by Gasteiger charge is -2.48. The van der Waals surface area contributed by atoms with E-state index in [9.17, 15) is 23.8 Å². The molecule has 3 atom stereocenters. The molecule has 1 aliphatic rings. The van der Waals surface area contributed by atoms with E-state index in [1.807, 2.05) is 30.3 Å². The van der Waals surface area contributed by atoms with Crippen LogP contribution in [-0.2, 0) is 4.79 Å². The highest BCUT2D eigenvalue weighted by Gasteiger charge is 2.48. The van der Waals surface area contributed by atoms with Gasteiger partial charge in [-0.3, -0.25) is 4.79 Å². The van der Waals surface area contributed by atoms with Crippen molar-refractivity contribution in [3.05, 3.63) is 120 Å². The Balaban J connectivity index is 1.40. The predicted molar refractivity (Wildman–Crippen MR) is 134 cm³/mol. The van der Waals surface area contributed by atoms with Gasteiger partial charge in [-0.15, -0.1) is 0 Å². The van der Waals surface area contributed by atoms with Gasteiger partial charge in [0, 0.05) is 5.69 Å². The highest BCUT2D eigenvalue weighted by atomic mass is 19.1. The first kappa shape index (κ1) is 23.7. The van der Waals surface area contributed by atoms with E-state index in [4.69, 9.17) is 0 Å². The summed E-state index contributed by atoms with van der Waals surface area (Å²) in [5.74, 6) is -1.02. The maximum atomic E-state index is 13.5. The third kappa shape index (κ3) is 4.72.